The Labute approximate surface area is 131 Å². The number of amides is 1. The van der Waals surface area contributed by atoms with Gasteiger partial charge in [0.25, 0.3) is 11.8 Å². The van der Waals surface area contributed by atoms with Gasteiger partial charge in [-0.2, -0.15) is 0 Å². The molecule has 2 aromatic heterocycles. The average Bonchev–Trinajstić information content (AvgIpc) is 2.99. The van der Waals surface area contributed by atoms with E-state index < -0.39 is 30.9 Å². The van der Waals surface area contributed by atoms with Crippen LogP contribution in [-0.2, 0) is 4.74 Å². The van der Waals surface area contributed by atoms with Gasteiger partial charge >= 0.3 is 0 Å². The quantitative estimate of drug-likeness (QED) is 0.934. The standard InChI is InChI=1S/C15H16F2N4O2/c1-10-4-12(20-13(5-10)21-3-2-18-9-21)14(22)19-11-6-15(16,17)8-23-7-11/h2-5,9,11H,6-8H2,1H3,(H,19,22)/t11-/m1/s1. The van der Waals surface area contributed by atoms with Gasteiger partial charge in [-0.05, 0) is 24.6 Å². The molecular weight excluding hydrogens is 306 g/mol. The van der Waals surface area contributed by atoms with Crippen molar-refractivity contribution < 1.29 is 18.3 Å². The lowest BCUT2D eigenvalue weighted by Crippen LogP contribution is -2.47. The zero-order valence-corrected chi connectivity index (χ0v) is 12.5. The van der Waals surface area contributed by atoms with Gasteiger partial charge in [-0.1, -0.05) is 0 Å². The highest BCUT2D eigenvalue weighted by Crippen LogP contribution is 2.25. The number of nitrogens with one attached hydrogen (secondary N) is 1. The Morgan fingerprint density at radius 3 is 3.00 bits per heavy atom. The first-order valence-corrected chi connectivity index (χ1v) is 7.16. The second-order valence-electron chi connectivity index (χ2n) is 5.60. The van der Waals surface area contributed by atoms with Crippen LogP contribution in [0.5, 0.6) is 0 Å². The van der Waals surface area contributed by atoms with Gasteiger partial charge in [-0.25, -0.2) is 18.7 Å². The zero-order valence-electron chi connectivity index (χ0n) is 12.5. The lowest BCUT2D eigenvalue weighted by atomic mass is 10.1. The van der Waals surface area contributed by atoms with Crippen molar-refractivity contribution in [3.8, 4) is 5.82 Å². The van der Waals surface area contributed by atoms with Crippen LogP contribution in [0.4, 0.5) is 8.78 Å². The van der Waals surface area contributed by atoms with E-state index in [1.54, 1.807) is 35.4 Å². The molecule has 1 aliphatic rings. The number of rotatable bonds is 3. The van der Waals surface area contributed by atoms with E-state index in [1.807, 2.05) is 6.92 Å². The minimum atomic E-state index is -2.92. The SMILES string of the molecule is Cc1cc(C(=O)N[C@H]2COCC(F)(F)C2)nc(-n2ccnc2)c1. The normalized spacial score (nSPS) is 20.2. The number of carbonyl (C=O) groups excluding carboxylic acids is 1. The average molecular weight is 322 g/mol. The summed E-state index contributed by atoms with van der Waals surface area (Å²) in [5.74, 6) is -2.88. The van der Waals surface area contributed by atoms with Crippen LogP contribution in [0.1, 0.15) is 22.5 Å². The van der Waals surface area contributed by atoms with E-state index in [2.05, 4.69) is 15.3 Å². The van der Waals surface area contributed by atoms with Crippen LogP contribution in [0, 0.1) is 6.92 Å². The number of halogens is 2. The number of alkyl halides is 2. The molecule has 0 aliphatic carbocycles. The van der Waals surface area contributed by atoms with Crippen molar-refractivity contribution in [1.82, 2.24) is 19.9 Å². The summed E-state index contributed by atoms with van der Waals surface area (Å²) in [6.07, 6.45) is 4.45. The van der Waals surface area contributed by atoms with E-state index in [-0.39, 0.29) is 12.3 Å². The number of imidazole rings is 1. The van der Waals surface area contributed by atoms with Gasteiger partial charge in [0.15, 0.2) is 0 Å². The molecule has 1 saturated heterocycles. The summed E-state index contributed by atoms with van der Waals surface area (Å²) in [5, 5.41) is 2.56. The monoisotopic (exact) mass is 322 g/mol. The second kappa shape index (κ2) is 6.04. The maximum Gasteiger partial charge on any atom is 0.273 e. The predicted octanol–water partition coefficient (Wildman–Crippen LogP) is 1.73. The number of aryl methyl sites for hydroxylation is 1. The first-order chi connectivity index (χ1) is 10.9. The van der Waals surface area contributed by atoms with Crippen LogP contribution in [0.2, 0.25) is 0 Å². The zero-order chi connectivity index (χ0) is 16.4. The maximum atomic E-state index is 13.3. The molecule has 0 unspecified atom stereocenters. The molecule has 8 heteroatoms. The minimum absolute atomic E-state index is 0.0710. The third-order valence-electron chi connectivity index (χ3n) is 3.47. The topological polar surface area (TPSA) is 69.0 Å². The molecule has 0 aromatic carbocycles. The van der Waals surface area contributed by atoms with E-state index in [0.717, 1.165) is 5.56 Å². The molecule has 1 aliphatic heterocycles. The van der Waals surface area contributed by atoms with Crippen molar-refractivity contribution in [2.75, 3.05) is 13.2 Å². The number of ether oxygens (including phenoxy) is 1. The second-order valence-corrected chi connectivity index (χ2v) is 5.60. The molecular formula is C15H16F2N4O2. The van der Waals surface area contributed by atoms with Crippen LogP contribution >= 0.6 is 0 Å². The van der Waals surface area contributed by atoms with E-state index in [9.17, 15) is 13.6 Å². The number of pyridine rings is 1. The lowest BCUT2D eigenvalue weighted by Gasteiger charge is -2.29. The van der Waals surface area contributed by atoms with Crippen LogP contribution in [0.15, 0.2) is 30.9 Å². The number of nitrogens with zero attached hydrogens (tertiary/aromatic N) is 3. The molecule has 0 radical (unpaired) electrons. The molecule has 1 N–H and O–H groups in total. The van der Waals surface area contributed by atoms with Gasteiger partial charge in [-0.15, -0.1) is 0 Å². The molecule has 0 bridgehead atoms. The Morgan fingerprint density at radius 1 is 1.48 bits per heavy atom. The van der Waals surface area contributed by atoms with Crippen molar-refractivity contribution in [1.29, 1.82) is 0 Å². The molecule has 6 nitrogen and oxygen atoms in total. The first kappa shape index (κ1) is 15.5. The van der Waals surface area contributed by atoms with Gasteiger partial charge in [0, 0.05) is 18.8 Å². The molecule has 0 spiro atoms. The molecule has 1 amide bonds. The van der Waals surface area contributed by atoms with E-state index in [1.165, 1.54) is 0 Å². The summed E-state index contributed by atoms with van der Waals surface area (Å²) in [6.45, 7) is 1.30. The summed E-state index contributed by atoms with van der Waals surface area (Å²) in [7, 11) is 0. The molecule has 122 valence electrons. The number of aromatic nitrogens is 3. The van der Waals surface area contributed by atoms with Crippen molar-refractivity contribution in [3.05, 3.63) is 42.1 Å². The predicted molar refractivity (Wildman–Crippen MR) is 77.7 cm³/mol. The van der Waals surface area contributed by atoms with Crippen molar-refractivity contribution in [2.24, 2.45) is 0 Å². The lowest BCUT2D eigenvalue weighted by molar-refractivity contribution is -0.124. The van der Waals surface area contributed by atoms with E-state index in [0.29, 0.717) is 5.82 Å². The Hall–Kier alpha value is -2.35. The van der Waals surface area contributed by atoms with Crippen LogP contribution in [0.3, 0.4) is 0 Å². The van der Waals surface area contributed by atoms with Crippen molar-refractivity contribution in [2.45, 2.75) is 25.3 Å². The van der Waals surface area contributed by atoms with Crippen molar-refractivity contribution >= 4 is 5.91 Å². The van der Waals surface area contributed by atoms with Gasteiger partial charge < -0.3 is 10.1 Å². The fourth-order valence-corrected chi connectivity index (χ4v) is 2.47. The summed E-state index contributed by atoms with van der Waals surface area (Å²) in [4.78, 5) is 20.5. The van der Waals surface area contributed by atoms with E-state index >= 15 is 0 Å². The summed E-state index contributed by atoms with van der Waals surface area (Å²) < 4.78 is 33.1. The molecule has 0 saturated carbocycles. The van der Waals surface area contributed by atoms with Gasteiger partial charge in [0.1, 0.15) is 24.4 Å². The first-order valence-electron chi connectivity index (χ1n) is 7.16. The van der Waals surface area contributed by atoms with Crippen molar-refractivity contribution in [3.63, 3.8) is 0 Å². The minimum Gasteiger partial charge on any atom is -0.373 e. The highest BCUT2D eigenvalue weighted by atomic mass is 19.3. The van der Waals surface area contributed by atoms with E-state index in [4.69, 9.17) is 4.74 Å². The number of hydrogen-bond donors (Lipinski definition) is 1. The summed E-state index contributed by atoms with van der Waals surface area (Å²) >= 11 is 0. The Bertz CT molecular complexity index is 704. The fraction of sp³-hybridized carbons (Fsp3) is 0.400. The molecule has 1 atom stereocenters. The summed E-state index contributed by atoms with van der Waals surface area (Å²) in [6, 6.07) is 2.68. The molecule has 23 heavy (non-hydrogen) atoms. The number of hydrogen-bond acceptors (Lipinski definition) is 4. The van der Waals surface area contributed by atoms with Crippen LogP contribution in [0.25, 0.3) is 5.82 Å². The Kier molecular flexibility index (Phi) is 4.08. The molecule has 1 fully saturated rings. The number of carbonyl (C=O) groups is 1. The van der Waals surface area contributed by atoms with Crippen LogP contribution < -0.4 is 5.32 Å². The fourth-order valence-electron chi connectivity index (χ4n) is 2.47. The molecule has 3 rings (SSSR count). The largest absolute Gasteiger partial charge is 0.373 e. The molecule has 3 heterocycles. The highest BCUT2D eigenvalue weighted by Gasteiger charge is 2.38. The van der Waals surface area contributed by atoms with Gasteiger partial charge in [0.05, 0.1) is 12.6 Å². The smallest absolute Gasteiger partial charge is 0.273 e. The molecule has 2 aromatic rings. The third-order valence-corrected chi connectivity index (χ3v) is 3.47. The highest BCUT2D eigenvalue weighted by molar-refractivity contribution is 5.92. The van der Waals surface area contributed by atoms with Gasteiger partial charge in [-0.3, -0.25) is 9.36 Å². The Morgan fingerprint density at radius 2 is 2.30 bits per heavy atom. The summed E-state index contributed by atoms with van der Waals surface area (Å²) in [5.41, 5.74) is 1.00. The third kappa shape index (κ3) is 3.70. The Balaban J connectivity index is 1.77. The van der Waals surface area contributed by atoms with Gasteiger partial charge in [0.2, 0.25) is 0 Å². The maximum absolute atomic E-state index is 13.3. The van der Waals surface area contributed by atoms with Crippen LogP contribution in [-0.4, -0.2) is 45.6 Å².